The highest BCUT2D eigenvalue weighted by Gasteiger charge is 2.89. The Labute approximate surface area is 136 Å². The number of rotatable bonds is 2. The Morgan fingerprint density at radius 2 is 1.87 bits per heavy atom. The van der Waals surface area contributed by atoms with Crippen LogP contribution in [0.4, 0.5) is 0 Å². The minimum Gasteiger partial charge on any atom is -0.299 e. The van der Waals surface area contributed by atoms with Crippen LogP contribution in [0.5, 0.6) is 0 Å². The van der Waals surface area contributed by atoms with E-state index in [0.717, 1.165) is 18.4 Å². The average molecular weight is 331 g/mol. The zero-order valence-corrected chi connectivity index (χ0v) is 14.3. The summed E-state index contributed by atoms with van der Waals surface area (Å²) in [5, 5.41) is 0. The van der Waals surface area contributed by atoms with Crippen molar-refractivity contribution in [2.75, 3.05) is 13.1 Å². The van der Waals surface area contributed by atoms with Crippen LogP contribution in [-0.2, 0) is 14.8 Å². The molecule has 0 amide bonds. The van der Waals surface area contributed by atoms with Gasteiger partial charge >= 0.3 is 0 Å². The summed E-state index contributed by atoms with van der Waals surface area (Å²) in [5.41, 5.74) is 1.08. The summed E-state index contributed by atoms with van der Waals surface area (Å²) in [7, 11) is -3.45. The van der Waals surface area contributed by atoms with E-state index in [-0.39, 0.29) is 16.7 Å². The number of nitrogens with zero attached hydrogens (tertiary/aromatic N) is 1. The van der Waals surface area contributed by atoms with Crippen molar-refractivity contribution in [1.82, 2.24) is 4.31 Å². The molecular formula is C18H21NO3S. The minimum atomic E-state index is -3.45. The van der Waals surface area contributed by atoms with E-state index in [1.54, 1.807) is 16.4 Å². The van der Waals surface area contributed by atoms with Crippen molar-refractivity contribution in [3.63, 3.8) is 0 Å². The number of hydrogen-bond donors (Lipinski definition) is 0. The molecule has 1 spiro atoms. The lowest BCUT2D eigenvalue weighted by molar-refractivity contribution is -0.120. The Morgan fingerprint density at radius 3 is 2.52 bits per heavy atom. The van der Waals surface area contributed by atoms with Crippen molar-refractivity contribution in [2.24, 2.45) is 28.6 Å². The van der Waals surface area contributed by atoms with Crippen LogP contribution in [0, 0.1) is 35.5 Å². The smallest absolute Gasteiger partial charge is 0.243 e. The molecule has 5 rings (SSSR count). The van der Waals surface area contributed by atoms with E-state index < -0.39 is 10.0 Å². The maximum Gasteiger partial charge on any atom is 0.243 e. The molecule has 1 aromatic rings. The fourth-order valence-corrected chi connectivity index (χ4v) is 7.93. The highest BCUT2D eigenvalue weighted by molar-refractivity contribution is 7.89. The molecule has 23 heavy (non-hydrogen) atoms. The van der Waals surface area contributed by atoms with Gasteiger partial charge in [-0.25, -0.2) is 8.42 Å². The lowest BCUT2D eigenvalue weighted by Crippen LogP contribution is -2.31. The molecule has 2 unspecified atom stereocenters. The van der Waals surface area contributed by atoms with Crippen molar-refractivity contribution >= 4 is 15.8 Å². The highest BCUT2D eigenvalue weighted by atomic mass is 32.2. The maximum absolute atomic E-state index is 13.0. The van der Waals surface area contributed by atoms with Crippen molar-refractivity contribution in [2.45, 2.75) is 31.6 Å². The first-order valence-corrected chi connectivity index (χ1v) is 9.85. The third-order valence-electron chi connectivity index (χ3n) is 7.47. The molecule has 4 nitrogen and oxygen atoms in total. The van der Waals surface area contributed by atoms with Gasteiger partial charge in [-0.05, 0) is 42.7 Å². The second kappa shape index (κ2) is 3.89. The van der Waals surface area contributed by atoms with E-state index >= 15 is 0 Å². The fourth-order valence-electron chi connectivity index (χ4n) is 6.39. The Bertz CT molecular complexity index is 830. The molecule has 5 heteroatoms. The molecule has 0 aromatic heterocycles. The first-order chi connectivity index (χ1) is 10.8. The molecule has 1 saturated heterocycles. The third kappa shape index (κ3) is 1.39. The number of carbonyl (C=O) groups is 1. The van der Waals surface area contributed by atoms with Crippen LogP contribution in [0.15, 0.2) is 29.2 Å². The molecule has 4 aliphatic rings. The standard InChI is InChI=1S/C18H21NO3S/c1-11-3-5-14(6-4-11)23(21,22)19-9-13-7-12-8-15(20)16-17(12,2)18(13,16)10-19/h3-6,12-13,16H,7-10H2,1-2H3/t12-,13-,16?,17-,18?/m1/s1. The van der Waals surface area contributed by atoms with Crippen LogP contribution in [0.1, 0.15) is 25.3 Å². The third-order valence-corrected chi connectivity index (χ3v) is 9.30. The van der Waals surface area contributed by atoms with E-state index in [1.807, 2.05) is 19.1 Å². The maximum atomic E-state index is 13.0. The van der Waals surface area contributed by atoms with E-state index in [9.17, 15) is 13.2 Å². The average Bonchev–Trinajstić information content (AvgIpc) is 2.68. The van der Waals surface area contributed by atoms with Crippen molar-refractivity contribution < 1.29 is 13.2 Å². The second-order valence-corrected chi connectivity index (χ2v) is 10.1. The van der Waals surface area contributed by atoms with Gasteiger partial charge in [-0.1, -0.05) is 24.6 Å². The van der Waals surface area contributed by atoms with Gasteiger partial charge in [0.1, 0.15) is 5.78 Å². The topological polar surface area (TPSA) is 54.5 Å². The molecule has 3 saturated carbocycles. The number of carbonyl (C=O) groups excluding carboxylic acids is 1. The van der Waals surface area contributed by atoms with Crippen molar-refractivity contribution in [1.29, 1.82) is 0 Å². The molecule has 4 fully saturated rings. The van der Waals surface area contributed by atoms with Gasteiger partial charge in [0.25, 0.3) is 0 Å². The lowest BCUT2D eigenvalue weighted by atomic mass is 9.88. The number of benzene rings is 1. The molecule has 1 aromatic carbocycles. The molecule has 1 heterocycles. The first-order valence-electron chi connectivity index (χ1n) is 8.41. The summed E-state index contributed by atoms with van der Waals surface area (Å²) in [6.45, 7) is 5.31. The van der Waals surface area contributed by atoms with Gasteiger partial charge in [0, 0.05) is 30.8 Å². The van der Waals surface area contributed by atoms with Gasteiger partial charge in [-0.3, -0.25) is 4.79 Å². The SMILES string of the molecule is Cc1ccc(S(=O)(=O)N2C[C@H]3C[C@@H]4CC(=O)C5C3(C2)[C@@]54C)cc1. The Morgan fingerprint density at radius 1 is 1.17 bits per heavy atom. The first kappa shape index (κ1) is 14.2. The van der Waals surface area contributed by atoms with Crippen molar-refractivity contribution in [3.05, 3.63) is 29.8 Å². The minimum absolute atomic E-state index is 0.0508. The van der Waals surface area contributed by atoms with E-state index in [2.05, 4.69) is 6.92 Å². The normalized spacial score (nSPS) is 44.4. The van der Waals surface area contributed by atoms with Crippen LogP contribution >= 0.6 is 0 Å². The molecular weight excluding hydrogens is 310 g/mol. The van der Waals surface area contributed by atoms with E-state index in [0.29, 0.717) is 35.6 Å². The molecule has 0 radical (unpaired) electrons. The summed E-state index contributed by atoms with van der Waals surface area (Å²) in [6, 6.07) is 7.07. The highest BCUT2D eigenvalue weighted by Crippen LogP contribution is 2.87. The zero-order chi connectivity index (χ0) is 16.2. The van der Waals surface area contributed by atoms with Crippen LogP contribution in [0.3, 0.4) is 0 Å². The van der Waals surface area contributed by atoms with Gasteiger partial charge in [0.2, 0.25) is 10.0 Å². The molecule has 122 valence electrons. The molecule has 3 aliphatic carbocycles. The van der Waals surface area contributed by atoms with Crippen LogP contribution < -0.4 is 0 Å². The van der Waals surface area contributed by atoms with E-state index in [4.69, 9.17) is 0 Å². The van der Waals surface area contributed by atoms with Crippen LogP contribution in [0.25, 0.3) is 0 Å². The zero-order valence-electron chi connectivity index (χ0n) is 13.5. The Hall–Kier alpha value is -1.20. The van der Waals surface area contributed by atoms with Gasteiger partial charge in [0.15, 0.2) is 0 Å². The summed E-state index contributed by atoms with van der Waals surface area (Å²) >= 11 is 0. The molecule has 0 N–H and O–H groups in total. The van der Waals surface area contributed by atoms with Gasteiger partial charge in [-0.15, -0.1) is 0 Å². The van der Waals surface area contributed by atoms with Gasteiger partial charge in [0.05, 0.1) is 4.90 Å². The Balaban J connectivity index is 1.50. The van der Waals surface area contributed by atoms with Crippen molar-refractivity contribution in [3.8, 4) is 0 Å². The van der Waals surface area contributed by atoms with Gasteiger partial charge in [-0.2, -0.15) is 4.31 Å². The number of sulfonamides is 1. The summed E-state index contributed by atoms with van der Waals surface area (Å²) in [6.07, 6.45) is 1.75. The monoisotopic (exact) mass is 331 g/mol. The number of aryl methyl sites for hydroxylation is 1. The quantitative estimate of drug-likeness (QED) is 0.835. The predicted octanol–water partition coefficient (Wildman–Crippen LogP) is 2.23. The fraction of sp³-hybridized carbons (Fsp3) is 0.611. The summed E-state index contributed by atoms with van der Waals surface area (Å²) in [5.74, 6) is 1.37. The number of hydrogen-bond acceptors (Lipinski definition) is 3. The number of ketones is 1. The van der Waals surface area contributed by atoms with Crippen LogP contribution in [0.2, 0.25) is 0 Å². The largest absolute Gasteiger partial charge is 0.299 e. The second-order valence-electron chi connectivity index (χ2n) is 8.17. The van der Waals surface area contributed by atoms with Gasteiger partial charge < -0.3 is 0 Å². The van der Waals surface area contributed by atoms with E-state index in [1.165, 1.54) is 0 Å². The summed E-state index contributed by atoms with van der Waals surface area (Å²) in [4.78, 5) is 12.7. The predicted molar refractivity (Wildman–Crippen MR) is 85.2 cm³/mol. The Kier molecular flexibility index (Phi) is 2.39. The lowest BCUT2D eigenvalue weighted by Gasteiger charge is -2.21. The molecule has 1 aliphatic heterocycles. The number of Topliss-reactive ketones (excluding diaryl/α,β-unsaturated/α-hetero) is 1. The molecule has 0 bridgehead atoms. The van der Waals surface area contributed by atoms with Crippen LogP contribution in [-0.4, -0.2) is 31.6 Å². The summed E-state index contributed by atoms with van der Waals surface area (Å²) < 4.78 is 27.6. The molecule has 5 atom stereocenters.